The molecule has 0 N–H and O–H groups in total. The van der Waals surface area contributed by atoms with E-state index in [0.29, 0.717) is 12.2 Å². The van der Waals surface area contributed by atoms with Gasteiger partial charge in [0.2, 0.25) is 0 Å². The maximum Gasteiger partial charge on any atom is 0.150 e. The molecule has 0 fully saturated rings. The van der Waals surface area contributed by atoms with Crippen LogP contribution >= 0.6 is 0 Å². The van der Waals surface area contributed by atoms with Gasteiger partial charge in [0.15, 0.2) is 6.29 Å². The van der Waals surface area contributed by atoms with E-state index in [4.69, 9.17) is 4.74 Å². The molecule has 0 bridgehead atoms. The zero-order valence-corrected chi connectivity index (χ0v) is 12.4. The summed E-state index contributed by atoms with van der Waals surface area (Å²) in [7, 11) is 0. The Balaban J connectivity index is 2.68. The van der Waals surface area contributed by atoms with Gasteiger partial charge in [-0.1, -0.05) is 58.9 Å². The van der Waals surface area contributed by atoms with E-state index >= 15 is 0 Å². The van der Waals surface area contributed by atoms with Crippen molar-refractivity contribution in [1.29, 1.82) is 0 Å². The van der Waals surface area contributed by atoms with Gasteiger partial charge in [-0.25, -0.2) is 0 Å². The molecule has 0 unspecified atom stereocenters. The maximum absolute atomic E-state index is 11.2. The molecule has 0 atom stereocenters. The third kappa shape index (κ3) is 2.44. The fourth-order valence-corrected chi connectivity index (χ4v) is 3.08. The summed E-state index contributed by atoms with van der Waals surface area (Å²) in [6.45, 7) is 11.7. The summed E-state index contributed by atoms with van der Waals surface area (Å²) in [5, 5.41) is 0. The van der Waals surface area contributed by atoms with Crippen LogP contribution in [0.2, 0.25) is 0 Å². The van der Waals surface area contributed by atoms with E-state index in [1.807, 2.05) is 24.3 Å². The second kappa shape index (κ2) is 4.52. The predicted octanol–water partition coefficient (Wildman–Crippen LogP) is 4.31. The average molecular weight is 258 g/mol. The Labute approximate surface area is 115 Å². The number of carbonyl (C=O) groups is 1. The van der Waals surface area contributed by atoms with Crippen LogP contribution in [0.15, 0.2) is 29.8 Å². The summed E-state index contributed by atoms with van der Waals surface area (Å²) < 4.78 is 5.96. The molecule has 0 aromatic heterocycles. The Hall–Kier alpha value is -1.57. The minimum atomic E-state index is 0.00355. The number of hydrogen-bond acceptors (Lipinski definition) is 2. The number of benzene rings is 1. The lowest BCUT2D eigenvalue weighted by molar-refractivity contribution is 0.112. The fourth-order valence-electron chi connectivity index (χ4n) is 3.08. The quantitative estimate of drug-likeness (QED) is 0.739. The standard InChI is InChI=1S/C17H22O2/c1-16(2,3)15-14(19-11-17(15,4)5)13-9-7-6-8-12(13)10-18/h6-10H,11H2,1-5H3. The van der Waals surface area contributed by atoms with Gasteiger partial charge < -0.3 is 4.74 Å². The smallest absolute Gasteiger partial charge is 0.150 e. The molecule has 1 heterocycles. The number of rotatable bonds is 2. The molecule has 0 saturated carbocycles. The van der Waals surface area contributed by atoms with E-state index < -0.39 is 0 Å². The zero-order valence-electron chi connectivity index (χ0n) is 12.4. The first-order chi connectivity index (χ1) is 8.77. The molecule has 1 aromatic rings. The molecule has 0 aliphatic carbocycles. The van der Waals surface area contributed by atoms with E-state index in [1.54, 1.807) is 0 Å². The lowest BCUT2D eigenvalue weighted by Crippen LogP contribution is -2.24. The van der Waals surface area contributed by atoms with Gasteiger partial charge in [-0.15, -0.1) is 0 Å². The number of hydrogen-bond donors (Lipinski definition) is 0. The van der Waals surface area contributed by atoms with E-state index in [1.165, 1.54) is 5.57 Å². The summed E-state index contributed by atoms with van der Waals surface area (Å²) in [6, 6.07) is 7.63. The van der Waals surface area contributed by atoms with Crippen LogP contribution < -0.4 is 0 Å². The van der Waals surface area contributed by atoms with E-state index in [-0.39, 0.29) is 10.8 Å². The molecule has 0 spiro atoms. The van der Waals surface area contributed by atoms with Crippen molar-refractivity contribution in [1.82, 2.24) is 0 Å². The summed E-state index contributed by atoms with van der Waals surface area (Å²) in [4.78, 5) is 11.2. The Morgan fingerprint density at radius 1 is 1.21 bits per heavy atom. The Morgan fingerprint density at radius 2 is 1.84 bits per heavy atom. The lowest BCUT2D eigenvalue weighted by Gasteiger charge is -2.31. The van der Waals surface area contributed by atoms with Gasteiger partial charge in [-0.3, -0.25) is 4.79 Å². The molecule has 1 aliphatic heterocycles. The Kier molecular flexibility index (Phi) is 3.29. The van der Waals surface area contributed by atoms with Crippen LogP contribution in [-0.2, 0) is 4.74 Å². The van der Waals surface area contributed by atoms with Gasteiger partial charge in [0.1, 0.15) is 5.76 Å². The van der Waals surface area contributed by atoms with Crippen molar-refractivity contribution in [3.8, 4) is 0 Å². The van der Waals surface area contributed by atoms with Gasteiger partial charge in [0.05, 0.1) is 6.61 Å². The van der Waals surface area contributed by atoms with Crippen LogP contribution in [0, 0.1) is 10.8 Å². The van der Waals surface area contributed by atoms with Crippen molar-refractivity contribution in [3.05, 3.63) is 41.0 Å². The van der Waals surface area contributed by atoms with Crippen molar-refractivity contribution in [2.75, 3.05) is 6.61 Å². The van der Waals surface area contributed by atoms with Crippen LogP contribution in [0.5, 0.6) is 0 Å². The molecule has 2 rings (SSSR count). The molecule has 2 nitrogen and oxygen atoms in total. The first-order valence-corrected chi connectivity index (χ1v) is 6.70. The lowest BCUT2D eigenvalue weighted by atomic mass is 9.71. The highest BCUT2D eigenvalue weighted by atomic mass is 16.5. The molecule has 0 radical (unpaired) electrons. The van der Waals surface area contributed by atoms with Crippen molar-refractivity contribution >= 4 is 12.0 Å². The predicted molar refractivity (Wildman–Crippen MR) is 77.9 cm³/mol. The zero-order chi connectivity index (χ0) is 14.3. The number of aldehydes is 1. The monoisotopic (exact) mass is 258 g/mol. The summed E-state index contributed by atoms with van der Waals surface area (Å²) in [6.07, 6.45) is 0.900. The van der Waals surface area contributed by atoms with Crippen LogP contribution in [0.25, 0.3) is 5.76 Å². The molecular formula is C17H22O2. The molecule has 1 aromatic carbocycles. The molecular weight excluding hydrogens is 236 g/mol. The third-order valence-electron chi connectivity index (χ3n) is 3.56. The summed E-state index contributed by atoms with van der Waals surface area (Å²) in [5.41, 5.74) is 2.91. The highest BCUT2D eigenvalue weighted by Gasteiger charge is 2.41. The number of ether oxygens (including phenoxy) is 1. The van der Waals surface area contributed by atoms with Crippen LogP contribution in [-0.4, -0.2) is 12.9 Å². The van der Waals surface area contributed by atoms with Gasteiger partial charge in [0, 0.05) is 16.5 Å². The summed E-state index contributed by atoms with van der Waals surface area (Å²) in [5.74, 6) is 0.889. The van der Waals surface area contributed by atoms with Crippen molar-refractivity contribution in [3.63, 3.8) is 0 Å². The molecule has 0 amide bonds. The maximum atomic E-state index is 11.2. The van der Waals surface area contributed by atoms with Gasteiger partial charge in [-0.2, -0.15) is 0 Å². The van der Waals surface area contributed by atoms with Crippen LogP contribution in [0.4, 0.5) is 0 Å². The van der Waals surface area contributed by atoms with Crippen molar-refractivity contribution in [2.24, 2.45) is 10.8 Å². The van der Waals surface area contributed by atoms with Gasteiger partial charge in [0.25, 0.3) is 0 Å². The second-order valence-electron chi connectivity index (χ2n) is 6.83. The average Bonchev–Trinajstić information content (AvgIpc) is 2.64. The van der Waals surface area contributed by atoms with Gasteiger partial charge >= 0.3 is 0 Å². The van der Waals surface area contributed by atoms with Crippen molar-refractivity contribution < 1.29 is 9.53 Å². The highest BCUT2D eigenvalue weighted by molar-refractivity contribution is 5.85. The SMILES string of the molecule is CC(C)(C)C1=C(c2ccccc2C=O)OCC1(C)C. The first-order valence-electron chi connectivity index (χ1n) is 6.70. The minimum absolute atomic E-state index is 0.00355. The van der Waals surface area contributed by atoms with Gasteiger partial charge in [-0.05, 0) is 11.0 Å². The summed E-state index contributed by atoms with van der Waals surface area (Å²) >= 11 is 0. The molecule has 1 aliphatic rings. The topological polar surface area (TPSA) is 26.3 Å². The molecule has 0 saturated heterocycles. The van der Waals surface area contributed by atoms with Crippen LogP contribution in [0.3, 0.4) is 0 Å². The first kappa shape index (κ1) is 13.9. The van der Waals surface area contributed by atoms with Crippen molar-refractivity contribution in [2.45, 2.75) is 34.6 Å². The fraction of sp³-hybridized carbons (Fsp3) is 0.471. The third-order valence-corrected chi connectivity index (χ3v) is 3.56. The molecule has 2 heteroatoms. The minimum Gasteiger partial charge on any atom is -0.492 e. The Morgan fingerprint density at radius 3 is 2.42 bits per heavy atom. The largest absolute Gasteiger partial charge is 0.492 e. The van der Waals surface area contributed by atoms with E-state index in [2.05, 4.69) is 34.6 Å². The normalized spacial score (nSPS) is 18.4. The number of carbonyl (C=O) groups excluding carboxylic acids is 1. The highest BCUT2D eigenvalue weighted by Crippen LogP contribution is 2.49. The Bertz CT molecular complexity index is 530. The molecule has 19 heavy (non-hydrogen) atoms. The van der Waals surface area contributed by atoms with E-state index in [0.717, 1.165) is 17.6 Å². The van der Waals surface area contributed by atoms with Crippen LogP contribution in [0.1, 0.15) is 50.5 Å². The second-order valence-corrected chi connectivity index (χ2v) is 6.83. The molecule has 102 valence electrons. The van der Waals surface area contributed by atoms with E-state index in [9.17, 15) is 4.79 Å².